The Morgan fingerprint density at radius 3 is 2.56 bits per heavy atom. The summed E-state index contributed by atoms with van der Waals surface area (Å²) < 4.78 is 44.8. The van der Waals surface area contributed by atoms with E-state index in [0.29, 0.717) is 5.56 Å². The fraction of sp³-hybridized carbons (Fsp3) is 0.238. The lowest BCUT2D eigenvalue weighted by molar-refractivity contribution is -0.384. The van der Waals surface area contributed by atoms with Crippen LogP contribution in [-0.2, 0) is 15.7 Å². The van der Waals surface area contributed by atoms with Gasteiger partial charge in [0.1, 0.15) is 0 Å². The van der Waals surface area contributed by atoms with Crippen molar-refractivity contribution >= 4 is 34.7 Å². The molecule has 168 valence electrons. The highest BCUT2D eigenvalue weighted by Gasteiger charge is 2.37. The van der Waals surface area contributed by atoms with Gasteiger partial charge in [-0.3, -0.25) is 15.0 Å². The smallest absolute Gasteiger partial charge is 0.416 e. The number of halogens is 3. The van der Waals surface area contributed by atoms with Gasteiger partial charge >= 0.3 is 12.1 Å². The van der Waals surface area contributed by atoms with Gasteiger partial charge in [-0.05, 0) is 49.8 Å². The number of rotatable bonds is 5. The van der Waals surface area contributed by atoms with Crippen LogP contribution >= 0.6 is 12.2 Å². The Kier molecular flexibility index (Phi) is 6.49. The summed E-state index contributed by atoms with van der Waals surface area (Å²) in [6.07, 6.45) is -4.56. The summed E-state index contributed by atoms with van der Waals surface area (Å²) in [5, 5.41) is 14.1. The van der Waals surface area contributed by atoms with Gasteiger partial charge in [0.25, 0.3) is 5.69 Å². The molecule has 0 amide bonds. The Hall–Kier alpha value is -3.47. The molecule has 32 heavy (non-hydrogen) atoms. The minimum absolute atomic E-state index is 0.0337. The number of hydrogen-bond acceptors (Lipinski definition) is 5. The minimum Gasteiger partial charge on any atom is -0.463 e. The van der Waals surface area contributed by atoms with E-state index in [9.17, 15) is 28.1 Å². The molecule has 0 aromatic heterocycles. The van der Waals surface area contributed by atoms with E-state index in [4.69, 9.17) is 17.0 Å². The average Bonchev–Trinajstić information content (AvgIpc) is 2.73. The second-order valence-electron chi connectivity index (χ2n) is 6.84. The summed E-state index contributed by atoms with van der Waals surface area (Å²) in [4.78, 5) is 24.7. The number of nitro benzene ring substituents is 1. The van der Waals surface area contributed by atoms with Crippen molar-refractivity contribution in [3.8, 4) is 0 Å². The summed E-state index contributed by atoms with van der Waals surface area (Å²) >= 11 is 5.40. The number of non-ortho nitro benzene ring substituents is 1. The van der Waals surface area contributed by atoms with Gasteiger partial charge in [0.15, 0.2) is 5.11 Å². The second kappa shape index (κ2) is 8.95. The SMILES string of the molecule is CCOC(=O)C1=C(C)N(c2cccc(C(F)(F)F)c2)C(=S)NC1c1cccc([N+](=O)[O-])c1. The predicted molar refractivity (Wildman–Crippen MR) is 115 cm³/mol. The summed E-state index contributed by atoms with van der Waals surface area (Å²) in [5.74, 6) is -0.714. The Labute approximate surface area is 186 Å². The zero-order valence-corrected chi connectivity index (χ0v) is 17.8. The molecule has 0 saturated heterocycles. The number of thiocarbonyl (C=S) groups is 1. The maximum atomic E-state index is 13.2. The first kappa shape index (κ1) is 23.2. The van der Waals surface area contributed by atoms with Gasteiger partial charge in [0, 0.05) is 23.5 Å². The molecule has 1 aliphatic rings. The van der Waals surface area contributed by atoms with Crippen LogP contribution in [0.3, 0.4) is 0 Å². The molecule has 0 aliphatic carbocycles. The molecule has 7 nitrogen and oxygen atoms in total. The topological polar surface area (TPSA) is 84.7 Å². The van der Waals surface area contributed by atoms with Gasteiger partial charge in [0.05, 0.1) is 28.7 Å². The molecule has 3 rings (SSSR count). The van der Waals surface area contributed by atoms with E-state index in [-0.39, 0.29) is 34.4 Å². The van der Waals surface area contributed by atoms with Gasteiger partial charge in [-0.25, -0.2) is 4.79 Å². The molecule has 1 unspecified atom stereocenters. The summed E-state index contributed by atoms with van der Waals surface area (Å²) in [7, 11) is 0. The van der Waals surface area contributed by atoms with Crippen molar-refractivity contribution in [1.29, 1.82) is 0 Å². The number of anilines is 1. The maximum Gasteiger partial charge on any atom is 0.416 e. The van der Waals surface area contributed by atoms with Crippen molar-refractivity contribution in [3.63, 3.8) is 0 Å². The first-order valence-electron chi connectivity index (χ1n) is 9.44. The average molecular weight is 465 g/mol. The highest BCUT2D eigenvalue weighted by molar-refractivity contribution is 7.80. The monoisotopic (exact) mass is 465 g/mol. The third-order valence-electron chi connectivity index (χ3n) is 4.83. The third kappa shape index (κ3) is 4.57. The zero-order valence-electron chi connectivity index (χ0n) is 17.0. The number of hydrogen-bond donors (Lipinski definition) is 1. The van der Waals surface area contributed by atoms with Crippen LogP contribution in [-0.4, -0.2) is 22.6 Å². The first-order chi connectivity index (χ1) is 15.0. The van der Waals surface area contributed by atoms with E-state index < -0.39 is 28.7 Å². The molecule has 0 saturated carbocycles. The van der Waals surface area contributed by atoms with E-state index in [1.165, 1.54) is 42.2 Å². The predicted octanol–water partition coefficient (Wildman–Crippen LogP) is 4.89. The van der Waals surface area contributed by atoms with Gasteiger partial charge in [-0.15, -0.1) is 0 Å². The number of allylic oxidation sites excluding steroid dienone is 1. The highest BCUT2D eigenvalue weighted by Crippen LogP contribution is 2.37. The number of carbonyl (C=O) groups is 1. The Balaban J connectivity index is 2.16. The van der Waals surface area contributed by atoms with E-state index >= 15 is 0 Å². The highest BCUT2D eigenvalue weighted by atomic mass is 32.1. The minimum atomic E-state index is -4.56. The summed E-state index contributed by atoms with van der Waals surface area (Å²) in [6, 6.07) is 9.30. The Bertz CT molecular complexity index is 1120. The fourth-order valence-corrected chi connectivity index (χ4v) is 3.78. The van der Waals surface area contributed by atoms with Crippen molar-refractivity contribution < 1.29 is 27.6 Å². The normalized spacial score (nSPS) is 16.6. The number of nitrogens with zero attached hydrogens (tertiary/aromatic N) is 2. The van der Waals surface area contributed by atoms with Gasteiger partial charge in [0.2, 0.25) is 0 Å². The molecule has 0 bridgehead atoms. The number of esters is 1. The van der Waals surface area contributed by atoms with Crippen LogP contribution in [0.2, 0.25) is 0 Å². The van der Waals surface area contributed by atoms with Crippen molar-refractivity contribution in [2.24, 2.45) is 0 Å². The molecule has 2 aromatic rings. The number of ether oxygens (including phenoxy) is 1. The zero-order chi connectivity index (χ0) is 23.6. The molecular weight excluding hydrogens is 447 g/mol. The van der Waals surface area contributed by atoms with Gasteiger partial charge in [-0.2, -0.15) is 13.2 Å². The first-order valence-corrected chi connectivity index (χ1v) is 9.85. The van der Waals surface area contributed by atoms with Crippen LogP contribution in [0.5, 0.6) is 0 Å². The number of nitrogens with one attached hydrogen (secondary N) is 1. The lowest BCUT2D eigenvalue weighted by Crippen LogP contribution is -2.48. The lowest BCUT2D eigenvalue weighted by Gasteiger charge is -2.37. The van der Waals surface area contributed by atoms with Crippen LogP contribution in [0, 0.1) is 10.1 Å². The summed E-state index contributed by atoms with van der Waals surface area (Å²) in [5.41, 5.74) is -0.233. The molecule has 11 heteroatoms. The van der Waals surface area contributed by atoms with E-state index in [2.05, 4.69) is 5.32 Å². The lowest BCUT2D eigenvalue weighted by atomic mass is 9.94. The molecule has 1 atom stereocenters. The maximum absolute atomic E-state index is 13.2. The molecule has 1 heterocycles. The number of alkyl halides is 3. The van der Waals surface area contributed by atoms with Crippen LogP contribution in [0.15, 0.2) is 59.8 Å². The second-order valence-corrected chi connectivity index (χ2v) is 7.22. The van der Waals surface area contributed by atoms with Gasteiger partial charge in [-0.1, -0.05) is 18.2 Å². The molecular formula is C21H18F3N3O4S. The van der Waals surface area contributed by atoms with Crippen molar-refractivity contribution in [1.82, 2.24) is 5.32 Å². The van der Waals surface area contributed by atoms with Crippen molar-refractivity contribution in [2.75, 3.05) is 11.5 Å². The summed E-state index contributed by atoms with van der Waals surface area (Å²) in [6.45, 7) is 3.21. The van der Waals surface area contributed by atoms with Crippen molar-refractivity contribution in [3.05, 3.63) is 81.0 Å². The third-order valence-corrected chi connectivity index (χ3v) is 5.13. The van der Waals surface area contributed by atoms with Crippen LogP contribution in [0.1, 0.15) is 31.0 Å². The van der Waals surface area contributed by atoms with Crippen molar-refractivity contribution in [2.45, 2.75) is 26.1 Å². The largest absolute Gasteiger partial charge is 0.463 e. The molecule has 0 spiro atoms. The molecule has 1 N–H and O–H groups in total. The van der Waals surface area contributed by atoms with Crippen LogP contribution in [0.25, 0.3) is 0 Å². The molecule has 1 aliphatic heterocycles. The number of benzene rings is 2. The number of carbonyl (C=O) groups excluding carboxylic acids is 1. The molecule has 2 aromatic carbocycles. The Morgan fingerprint density at radius 1 is 1.25 bits per heavy atom. The van der Waals surface area contributed by atoms with Crippen LogP contribution < -0.4 is 10.2 Å². The van der Waals surface area contributed by atoms with Crippen LogP contribution in [0.4, 0.5) is 24.5 Å². The fourth-order valence-electron chi connectivity index (χ4n) is 3.42. The Morgan fingerprint density at radius 2 is 1.94 bits per heavy atom. The van der Waals surface area contributed by atoms with Gasteiger partial charge < -0.3 is 10.1 Å². The van der Waals surface area contributed by atoms with E-state index in [0.717, 1.165) is 12.1 Å². The standard InChI is InChI=1S/C21H18F3N3O4S/c1-3-31-19(28)17-12(2)26(15-8-5-7-14(11-15)21(22,23)24)20(32)25-18(17)13-6-4-9-16(10-13)27(29)30/h4-11,18H,3H2,1-2H3,(H,25,32). The molecule has 0 fully saturated rings. The van der Waals surface area contributed by atoms with E-state index in [1.54, 1.807) is 13.0 Å². The molecule has 0 radical (unpaired) electrons. The quantitative estimate of drug-likeness (QED) is 0.291. The van der Waals surface area contributed by atoms with E-state index in [1.807, 2.05) is 0 Å². The number of nitro groups is 1.